The minimum Gasteiger partial charge on any atom is -0.354 e. The number of rotatable bonds is 4. The summed E-state index contributed by atoms with van der Waals surface area (Å²) >= 11 is 1.54. The van der Waals surface area contributed by atoms with Gasteiger partial charge in [0.25, 0.3) is 0 Å². The van der Waals surface area contributed by atoms with Gasteiger partial charge in [-0.15, -0.1) is 0 Å². The summed E-state index contributed by atoms with van der Waals surface area (Å²) in [5.41, 5.74) is 3.85. The third kappa shape index (κ3) is 4.87. The molecule has 0 unspecified atom stereocenters. The molecular weight excluding hydrogens is 431 g/mol. The number of amidine groups is 1. The van der Waals surface area contributed by atoms with Crippen LogP contribution in [0, 0.1) is 5.82 Å². The van der Waals surface area contributed by atoms with Crippen molar-refractivity contribution in [3.8, 4) is 21.8 Å². The Hall–Kier alpha value is -3.35. The molecule has 0 aliphatic carbocycles. The first-order valence-electron chi connectivity index (χ1n) is 11.1. The summed E-state index contributed by atoms with van der Waals surface area (Å²) in [6, 6.07) is 27.0. The number of thiazole rings is 1. The molecule has 1 aromatic heterocycles. The van der Waals surface area contributed by atoms with Crippen LogP contribution in [0.5, 0.6) is 0 Å². The number of halogens is 1. The maximum Gasteiger partial charge on any atom is 0.146 e. The molecule has 33 heavy (non-hydrogen) atoms. The number of piperazine rings is 1. The van der Waals surface area contributed by atoms with E-state index in [1.165, 1.54) is 12.1 Å². The predicted molar refractivity (Wildman–Crippen MR) is 135 cm³/mol. The highest BCUT2D eigenvalue weighted by molar-refractivity contribution is 7.19. The normalized spacial score (nSPS) is 15.1. The molecule has 4 aromatic rings. The summed E-state index contributed by atoms with van der Waals surface area (Å²) < 4.78 is 13.5. The first-order chi connectivity index (χ1) is 16.2. The Kier molecular flexibility index (Phi) is 6.28. The molecule has 4 nitrogen and oxygen atoms in total. The second-order valence-corrected chi connectivity index (χ2v) is 9.11. The number of aliphatic imine (C=N–C) groups is 1. The Labute approximate surface area is 197 Å². The first kappa shape index (κ1) is 21.5. The number of nitrogens with zero attached hydrogens (tertiary/aromatic N) is 4. The molecule has 1 saturated heterocycles. The van der Waals surface area contributed by atoms with Crippen molar-refractivity contribution in [2.45, 2.75) is 0 Å². The Bertz CT molecular complexity index is 1230. The van der Waals surface area contributed by atoms with Crippen LogP contribution >= 0.6 is 11.3 Å². The zero-order valence-corrected chi connectivity index (χ0v) is 19.3. The fraction of sp³-hybridized carbons (Fsp3) is 0.185. The molecule has 1 fully saturated rings. The topological polar surface area (TPSA) is 31.7 Å². The van der Waals surface area contributed by atoms with Crippen LogP contribution in [0.15, 0.2) is 89.9 Å². The standard InChI is InChI=1S/C27H25FN4S/c1-31-16-18-32(19-17-31)25(21-10-6-3-7-11-21)30-27-24(20-8-4-2-5-9-20)29-26(33-27)22-12-14-23(28)15-13-22/h2-15H,16-19H2,1H3. The first-order valence-corrected chi connectivity index (χ1v) is 11.9. The Morgan fingerprint density at radius 1 is 0.818 bits per heavy atom. The molecule has 0 N–H and O–H groups in total. The molecule has 3 aromatic carbocycles. The van der Waals surface area contributed by atoms with Crippen molar-refractivity contribution in [3.63, 3.8) is 0 Å². The second kappa shape index (κ2) is 9.65. The lowest BCUT2D eigenvalue weighted by Gasteiger charge is -2.34. The molecule has 2 heterocycles. The van der Waals surface area contributed by atoms with Crippen LogP contribution in [0.1, 0.15) is 5.56 Å². The quantitative estimate of drug-likeness (QED) is 0.281. The maximum atomic E-state index is 13.5. The van der Waals surface area contributed by atoms with E-state index in [2.05, 4.69) is 53.2 Å². The van der Waals surface area contributed by atoms with E-state index in [0.717, 1.165) is 64.4 Å². The van der Waals surface area contributed by atoms with Crippen molar-refractivity contribution in [1.29, 1.82) is 0 Å². The average molecular weight is 457 g/mol. The van der Waals surface area contributed by atoms with E-state index < -0.39 is 0 Å². The van der Waals surface area contributed by atoms with Gasteiger partial charge in [0.15, 0.2) is 0 Å². The largest absolute Gasteiger partial charge is 0.354 e. The van der Waals surface area contributed by atoms with Gasteiger partial charge >= 0.3 is 0 Å². The van der Waals surface area contributed by atoms with Crippen LogP contribution in [-0.2, 0) is 0 Å². The van der Waals surface area contributed by atoms with Crippen LogP contribution in [0.2, 0.25) is 0 Å². The van der Waals surface area contributed by atoms with Crippen molar-refractivity contribution in [1.82, 2.24) is 14.8 Å². The van der Waals surface area contributed by atoms with Crippen molar-refractivity contribution in [3.05, 3.63) is 96.3 Å². The smallest absolute Gasteiger partial charge is 0.146 e. The van der Waals surface area contributed by atoms with Crippen LogP contribution in [-0.4, -0.2) is 53.8 Å². The average Bonchev–Trinajstić information content (AvgIpc) is 3.29. The van der Waals surface area contributed by atoms with Crippen molar-refractivity contribution >= 4 is 22.2 Å². The minimum absolute atomic E-state index is 0.252. The van der Waals surface area contributed by atoms with Gasteiger partial charge in [0.1, 0.15) is 27.4 Å². The summed E-state index contributed by atoms with van der Waals surface area (Å²) in [5, 5.41) is 1.69. The summed E-state index contributed by atoms with van der Waals surface area (Å²) in [5.74, 6) is 0.716. The highest BCUT2D eigenvalue weighted by atomic mass is 32.1. The molecule has 0 amide bonds. The SMILES string of the molecule is CN1CCN(C(=Nc2sc(-c3ccc(F)cc3)nc2-c2ccccc2)c2ccccc2)CC1. The lowest BCUT2D eigenvalue weighted by Crippen LogP contribution is -2.47. The molecule has 0 radical (unpaired) electrons. The third-order valence-electron chi connectivity index (χ3n) is 5.79. The van der Waals surface area contributed by atoms with Crippen molar-refractivity contribution < 1.29 is 4.39 Å². The molecule has 1 aliphatic heterocycles. The van der Waals surface area contributed by atoms with E-state index in [1.807, 2.05) is 24.3 Å². The summed E-state index contributed by atoms with van der Waals surface area (Å²) in [6.45, 7) is 3.85. The lowest BCUT2D eigenvalue weighted by molar-refractivity contribution is 0.216. The van der Waals surface area contributed by atoms with Gasteiger partial charge in [-0.25, -0.2) is 14.4 Å². The monoisotopic (exact) mass is 456 g/mol. The maximum absolute atomic E-state index is 13.5. The fourth-order valence-corrected chi connectivity index (χ4v) is 4.87. The van der Waals surface area contributed by atoms with E-state index in [0.29, 0.717) is 0 Å². The lowest BCUT2D eigenvalue weighted by atomic mass is 10.1. The third-order valence-corrected chi connectivity index (χ3v) is 6.79. The van der Waals surface area contributed by atoms with E-state index in [4.69, 9.17) is 9.98 Å². The highest BCUT2D eigenvalue weighted by Crippen LogP contribution is 2.40. The number of likely N-dealkylation sites (N-methyl/N-ethyl adjacent to an activating group) is 1. The zero-order valence-electron chi connectivity index (χ0n) is 18.5. The summed E-state index contributed by atoms with van der Waals surface area (Å²) in [6.07, 6.45) is 0. The number of benzene rings is 3. The molecule has 0 spiro atoms. The van der Waals surface area contributed by atoms with E-state index >= 15 is 0 Å². The van der Waals surface area contributed by atoms with Crippen molar-refractivity contribution in [2.75, 3.05) is 33.2 Å². The van der Waals surface area contributed by atoms with Crippen LogP contribution in [0.3, 0.4) is 0 Å². The Morgan fingerprint density at radius 2 is 1.45 bits per heavy atom. The van der Waals surface area contributed by atoms with Gasteiger partial charge in [-0.1, -0.05) is 72.0 Å². The predicted octanol–water partition coefficient (Wildman–Crippen LogP) is 5.94. The van der Waals surface area contributed by atoms with Gasteiger partial charge < -0.3 is 9.80 Å². The molecule has 0 saturated carbocycles. The van der Waals surface area contributed by atoms with Gasteiger partial charge in [-0.05, 0) is 31.3 Å². The molecule has 0 atom stereocenters. The van der Waals surface area contributed by atoms with Gasteiger partial charge in [0.2, 0.25) is 0 Å². The van der Waals surface area contributed by atoms with Crippen LogP contribution in [0.4, 0.5) is 9.39 Å². The van der Waals surface area contributed by atoms with Gasteiger partial charge in [0, 0.05) is 42.9 Å². The Morgan fingerprint density at radius 3 is 2.12 bits per heavy atom. The van der Waals surface area contributed by atoms with Crippen LogP contribution < -0.4 is 0 Å². The van der Waals surface area contributed by atoms with Gasteiger partial charge in [0.05, 0.1) is 0 Å². The summed E-state index contributed by atoms with van der Waals surface area (Å²) in [4.78, 5) is 14.9. The van der Waals surface area contributed by atoms with E-state index in [9.17, 15) is 4.39 Å². The molecule has 0 bridgehead atoms. The number of hydrogen-bond acceptors (Lipinski definition) is 4. The number of aromatic nitrogens is 1. The number of hydrogen-bond donors (Lipinski definition) is 0. The second-order valence-electron chi connectivity index (χ2n) is 8.14. The molecule has 6 heteroatoms. The molecule has 5 rings (SSSR count). The Balaban J connectivity index is 1.64. The molecule has 166 valence electrons. The van der Waals surface area contributed by atoms with Crippen molar-refractivity contribution in [2.24, 2.45) is 4.99 Å². The van der Waals surface area contributed by atoms with Gasteiger partial charge in [-0.3, -0.25) is 0 Å². The minimum atomic E-state index is -0.252. The van der Waals surface area contributed by atoms with E-state index in [1.54, 1.807) is 23.5 Å². The summed E-state index contributed by atoms with van der Waals surface area (Å²) in [7, 11) is 2.16. The fourth-order valence-electron chi connectivity index (χ4n) is 3.91. The zero-order chi connectivity index (χ0) is 22.6. The molecule has 1 aliphatic rings. The molecular formula is C27H25FN4S. The van der Waals surface area contributed by atoms with Crippen LogP contribution in [0.25, 0.3) is 21.8 Å². The highest BCUT2D eigenvalue weighted by Gasteiger charge is 2.21. The van der Waals surface area contributed by atoms with Gasteiger partial charge in [-0.2, -0.15) is 0 Å². The van der Waals surface area contributed by atoms with E-state index in [-0.39, 0.29) is 5.82 Å².